The highest BCUT2D eigenvalue weighted by molar-refractivity contribution is 6.12. The number of halogens is 1. The number of aromatic nitrogens is 1. The zero-order valence-corrected chi connectivity index (χ0v) is 21.5. The first-order valence-electron chi connectivity index (χ1n) is 12.1. The molecule has 198 valence electrons. The number of likely N-dealkylation sites (N-methyl/N-ethyl adjacent to an activating group) is 1. The Kier molecular flexibility index (Phi) is 9.35. The van der Waals surface area contributed by atoms with Crippen LogP contribution in [0.2, 0.25) is 0 Å². The van der Waals surface area contributed by atoms with E-state index < -0.39 is 54.8 Å². The van der Waals surface area contributed by atoms with Crippen molar-refractivity contribution in [1.29, 1.82) is 0 Å². The molecule has 2 N–H and O–H groups in total. The number of hydrogen-bond acceptors (Lipinski definition) is 6. The predicted octanol–water partition coefficient (Wildman–Crippen LogP) is 2.90. The van der Waals surface area contributed by atoms with Crippen LogP contribution in [-0.2, 0) is 19.1 Å². The summed E-state index contributed by atoms with van der Waals surface area (Å²) in [6, 6.07) is 13.3. The largest absolute Gasteiger partial charge is 0.435 e. The SMILES string of the molecule is CC(C)[C@H](OC(=O)n1c2ccccc2c2ccccc21)C(=O)NC(CC(=O)NCCN(C)C)C(=O)CF. The second-order valence-electron chi connectivity index (χ2n) is 9.44. The first-order valence-corrected chi connectivity index (χ1v) is 12.1. The van der Waals surface area contributed by atoms with Gasteiger partial charge in [0.15, 0.2) is 11.9 Å². The van der Waals surface area contributed by atoms with Gasteiger partial charge in [0, 0.05) is 23.9 Å². The monoisotopic (exact) mass is 512 g/mol. The van der Waals surface area contributed by atoms with Crippen LogP contribution in [0.1, 0.15) is 20.3 Å². The number of rotatable bonds is 11. The molecule has 1 heterocycles. The summed E-state index contributed by atoms with van der Waals surface area (Å²) in [5.41, 5.74) is 1.24. The molecule has 0 saturated carbocycles. The lowest BCUT2D eigenvalue weighted by Gasteiger charge is -2.24. The quantitative estimate of drug-likeness (QED) is 0.409. The third kappa shape index (κ3) is 6.71. The molecule has 2 atom stereocenters. The van der Waals surface area contributed by atoms with Gasteiger partial charge >= 0.3 is 6.09 Å². The molecule has 9 nitrogen and oxygen atoms in total. The smallest absolute Gasteiger partial charge is 0.419 e. The number of carbonyl (C=O) groups is 4. The van der Waals surface area contributed by atoms with Crippen LogP contribution in [0.4, 0.5) is 9.18 Å². The van der Waals surface area contributed by atoms with Crippen molar-refractivity contribution in [1.82, 2.24) is 20.1 Å². The summed E-state index contributed by atoms with van der Waals surface area (Å²) in [4.78, 5) is 52.8. The van der Waals surface area contributed by atoms with Gasteiger partial charge in [-0.15, -0.1) is 0 Å². The minimum atomic E-state index is -1.38. The molecule has 3 rings (SSSR count). The highest BCUT2D eigenvalue weighted by Crippen LogP contribution is 2.29. The molecule has 0 fully saturated rings. The van der Waals surface area contributed by atoms with Crippen molar-refractivity contribution >= 4 is 45.5 Å². The standard InChI is InChI=1S/C27H33FN4O5/c1-17(2)25(26(35)30-20(23(33)16-28)15-24(34)29-13-14-31(3)4)37-27(36)32-21-11-7-5-9-18(21)19-10-6-8-12-22(19)32/h5-12,17,20,25H,13-16H2,1-4H3,(H,29,34)(H,30,35)/t20?,25-/m0/s1. The molecule has 0 bridgehead atoms. The number of Topliss-reactive ketones (excluding diaryl/α,β-unsaturated/α-hetero) is 1. The number of ketones is 1. The summed E-state index contributed by atoms with van der Waals surface area (Å²) in [7, 11) is 3.68. The van der Waals surface area contributed by atoms with Crippen molar-refractivity contribution in [2.45, 2.75) is 32.4 Å². The van der Waals surface area contributed by atoms with E-state index in [-0.39, 0.29) is 0 Å². The number of amides is 2. The van der Waals surface area contributed by atoms with E-state index in [0.29, 0.717) is 24.1 Å². The van der Waals surface area contributed by atoms with E-state index in [0.717, 1.165) is 10.8 Å². The normalized spacial score (nSPS) is 13.1. The highest BCUT2D eigenvalue weighted by Gasteiger charge is 2.32. The Labute approximate surface area is 214 Å². The van der Waals surface area contributed by atoms with Gasteiger partial charge in [-0.05, 0) is 32.1 Å². The minimum absolute atomic E-state index is 0.335. The molecule has 1 aromatic heterocycles. The average Bonchev–Trinajstić information content (AvgIpc) is 3.20. The van der Waals surface area contributed by atoms with E-state index in [4.69, 9.17) is 4.74 Å². The lowest BCUT2D eigenvalue weighted by molar-refractivity contribution is -0.136. The number of nitrogens with one attached hydrogen (secondary N) is 2. The zero-order chi connectivity index (χ0) is 27.1. The van der Waals surface area contributed by atoms with Crippen LogP contribution >= 0.6 is 0 Å². The number of benzene rings is 2. The van der Waals surface area contributed by atoms with Crippen molar-refractivity contribution in [2.24, 2.45) is 5.92 Å². The predicted molar refractivity (Wildman–Crippen MR) is 139 cm³/mol. The van der Waals surface area contributed by atoms with Gasteiger partial charge in [0.25, 0.3) is 5.91 Å². The lowest BCUT2D eigenvalue weighted by atomic mass is 10.0. The van der Waals surface area contributed by atoms with E-state index in [1.54, 1.807) is 38.1 Å². The number of carbonyl (C=O) groups excluding carboxylic acids is 4. The molecule has 0 spiro atoms. The van der Waals surface area contributed by atoms with Crippen LogP contribution in [0, 0.1) is 5.92 Å². The fourth-order valence-corrected chi connectivity index (χ4v) is 4.04. The summed E-state index contributed by atoms with van der Waals surface area (Å²) in [5, 5.41) is 6.77. The molecule has 0 aliphatic rings. The first kappa shape index (κ1) is 27.8. The second kappa shape index (κ2) is 12.4. The molecule has 3 aromatic rings. The number of ether oxygens (including phenoxy) is 1. The molecule has 0 radical (unpaired) electrons. The Hall–Kier alpha value is -3.79. The molecule has 1 unspecified atom stereocenters. The van der Waals surface area contributed by atoms with Gasteiger partial charge in [0.1, 0.15) is 6.67 Å². The van der Waals surface area contributed by atoms with Crippen LogP contribution in [0.25, 0.3) is 21.8 Å². The molecule has 0 aliphatic heterocycles. The number of hydrogen-bond donors (Lipinski definition) is 2. The maximum Gasteiger partial charge on any atom is 0.419 e. The molecule has 10 heteroatoms. The summed E-state index contributed by atoms with van der Waals surface area (Å²) in [6.45, 7) is 2.94. The van der Waals surface area contributed by atoms with Gasteiger partial charge in [-0.25, -0.2) is 13.8 Å². The number of para-hydroxylation sites is 2. The molecular weight excluding hydrogens is 479 g/mol. The van der Waals surface area contributed by atoms with Crippen LogP contribution in [0.5, 0.6) is 0 Å². The number of alkyl halides is 1. The number of fused-ring (bicyclic) bond motifs is 3. The average molecular weight is 513 g/mol. The van der Waals surface area contributed by atoms with Crippen molar-refractivity contribution in [3.63, 3.8) is 0 Å². The Morgan fingerprint density at radius 2 is 1.54 bits per heavy atom. The van der Waals surface area contributed by atoms with E-state index in [1.165, 1.54) is 4.57 Å². The van der Waals surface area contributed by atoms with Gasteiger partial charge in [0.2, 0.25) is 5.91 Å². The Balaban J connectivity index is 1.79. The maximum absolute atomic E-state index is 13.3. The third-order valence-electron chi connectivity index (χ3n) is 5.96. The number of nitrogens with zero attached hydrogens (tertiary/aromatic N) is 2. The van der Waals surface area contributed by atoms with E-state index >= 15 is 0 Å². The molecule has 0 saturated heterocycles. The van der Waals surface area contributed by atoms with E-state index in [1.807, 2.05) is 43.3 Å². The minimum Gasteiger partial charge on any atom is -0.435 e. The molecule has 0 aliphatic carbocycles. The van der Waals surface area contributed by atoms with Gasteiger partial charge in [-0.1, -0.05) is 50.2 Å². The zero-order valence-electron chi connectivity index (χ0n) is 21.5. The molecule has 2 amide bonds. The fourth-order valence-electron chi connectivity index (χ4n) is 4.04. The Morgan fingerprint density at radius 3 is 2.05 bits per heavy atom. The van der Waals surface area contributed by atoms with Crippen LogP contribution in [0.3, 0.4) is 0 Å². The molecule has 37 heavy (non-hydrogen) atoms. The van der Waals surface area contributed by atoms with Crippen molar-refractivity contribution < 1.29 is 28.3 Å². The van der Waals surface area contributed by atoms with Crippen LogP contribution in [-0.4, -0.2) is 79.2 Å². The van der Waals surface area contributed by atoms with Crippen molar-refractivity contribution in [3.05, 3.63) is 48.5 Å². The van der Waals surface area contributed by atoms with E-state index in [2.05, 4.69) is 10.6 Å². The van der Waals surface area contributed by atoms with Crippen molar-refractivity contribution in [2.75, 3.05) is 33.9 Å². The second-order valence-corrected chi connectivity index (χ2v) is 9.44. The summed E-state index contributed by atoms with van der Waals surface area (Å²) in [6.07, 6.45) is -2.46. The molecule has 2 aromatic carbocycles. The Bertz CT molecular complexity index is 1230. The summed E-state index contributed by atoms with van der Waals surface area (Å²) < 4.78 is 20.3. The fraction of sp³-hybridized carbons (Fsp3) is 0.407. The molecular formula is C27H33FN4O5. The summed E-state index contributed by atoms with van der Waals surface area (Å²) in [5.74, 6) is -2.69. The Morgan fingerprint density at radius 1 is 0.973 bits per heavy atom. The highest BCUT2D eigenvalue weighted by atomic mass is 19.1. The van der Waals surface area contributed by atoms with Crippen LogP contribution < -0.4 is 10.6 Å². The van der Waals surface area contributed by atoms with Gasteiger partial charge < -0.3 is 20.3 Å². The first-order chi connectivity index (χ1) is 17.6. The summed E-state index contributed by atoms with van der Waals surface area (Å²) >= 11 is 0. The van der Waals surface area contributed by atoms with Gasteiger partial charge in [-0.2, -0.15) is 0 Å². The van der Waals surface area contributed by atoms with Crippen LogP contribution in [0.15, 0.2) is 48.5 Å². The van der Waals surface area contributed by atoms with E-state index in [9.17, 15) is 23.6 Å². The lowest BCUT2D eigenvalue weighted by Crippen LogP contribution is -2.50. The maximum atomic E-state index is 13.3. The topological polar surface area (TPSA) is 110 Å². The third-order valence-corrected chi connectivity index (χ3v) is 5.96. The van der Waals surface area contributed by atoms with Gasteiger partial charge in [-0.3, -0.25) is 14.4 Å². The van der Waals surface area contributed by atoms with Crippen molar-refractivity contribution in [3.8, 4) is 0 Å². The van der Waals surface area contributed by atoms with Gasteiger partial charge in [0.05, 0.1) is 23.5 Å².